The van der Waals surface area contributed by atoms with Crippen LogP contribution >= 0.6 is 0 Å². The first-order valence-corrected chi connectivity index (χ1v) is 4.07. The second-order valence-electron chi connectivity index (χ2n) is 3.86. The topological polar surface area (TPSA) is 32.7 Å². The van der Waals surface area contributed by atoms with Gasteiger partial charge in [-0.05, 0) is 13.8 Å². The first-order valence-electron chi connectivity index (χ1n) is 4.07. The van der Waals surface area contributed by atoms with E-state index in [2.05, 4.69) is 0 Å². The summed E-state index contributed by atoms with van der Waals surface area (Å²) in [7, 11) is 0. The molecule has 2 aliphatic rings. The summed E-state index contributed by atoms with van der Waals surface area (Å²) in [6, 6.07) is 0. The molecule has 1 atom stereocenters. The van der Waals surface area contributed by atoms with Crippen molar-refractivity contribution in [3.05, 3.63) is 12.0 Å². The van der Waals surface area contributed by atoms with Crippen molar-refractivity contribution in [1.82, 2.24) is 4.90 Å². The fraction of sp³-hybridized carbons (Fsp3) is 0.750. The van der Waals surface area contributed by atoms with E-state index in [4.69, 9.17) is 4.74 Å². The molecule has 0 aromatic carbocycles. The lowest BCUT2D eigenvalue weighted by atomic mass is 10.2. The average Bonchev–Trinajstić information content (AvgIpc) is 2.35. The molecule has 2 aliphatic heterocycles. The number of rotatable bonds is 0. The van der Waals surface area contributed by atoms with E-state index < -0.39 is 24.3 Å². The number of hydrogen-bond donors (Lipinski definition) is 1. The maximum Gasteiger partial charge on any atom is 0.297 e. The van der Waals surface area contributed by atoms with E-state index in [0.29, 0.717) is 5.70 Å². The van der Waals surface area contributed by atoms with Crippen LogP contribution in [0.5, 0.6) is 0 Å². The summed E-state index contributed by atoms with van der Waals surface area (Å²) in [6.45, 7) is 3.28. The number of ether oxygens (including phenoxy) is 1. The molecule has 0 amide bonds. The van der Waals surface area contributed by atoms with Gasteiger partial charge in [0.15, 0.2) is 12.0 Å². The minimum atomic E-state index is -3.06. The fourth-order valence-corrected chi connectivity index (χ4v) is 1.77. The highest BCUT2D eigenvalue weighted by Gasteiger charge is 2.57. The Labute approximate surface area is 74.6 Å². The zero-order valence-electron chi connectivity index (χ0n) is 7.42. The molecule has 13 heavy (non-hydrogen) atoms. The van der Waals surface area contributed by atoms with Crippen LogP contribution in [0.25, 0.3) is 0 Å². The number of aliphatic hydroxyl groups is 1. The summed E-state index contributed by atoms with van der Waals surface area (Å²) in [5, 5.41) is 9.32. The lowest BCUT2D eigenvalue weighted by Gasteiger charge is -2.34. The molecular weight excluding hydrogens is 180 g/mol. The van der Waals surface area contributed by atoms with E-state index in [1.165, 1.54) is 11.2 Å². The second-order valence-corrected chi connectivity index (χ2v) is 3.86. The van der Waals surface area contributed by atoms with Crippen molar-refractivity contribution in [3.8, 4) is 0 Å². The number of halogens is 2. The van der Waals surface area contributed by atoms with E-state index >= 15 is 0 Å². The van der Waals surface area contributed by atoms with Crippen LogP contribution in [0, 0.1) is 0 Å². The van der Waals surface area contributed by atoms with Crippen LogP contribution in [0.2, 0.25) is 0 Å². The van der Waals surface area contributed by atoms with Crippen LogP contribution in [0.3, 0.4) is 0 Å². The van der Waals surface area contributed by atoms with Crippen molar-refractivity contribution in [1.29, 1.82) is 0 Å². The smallest absolute Gasteiger partial charge is 0.297 e. The standard InChI is InChI=1S/C8H11F2NO2/c1-7(2)11-5(4-13-7)3-8(9,10)6(11)12/h4,6,12H,3H2,1-2H3. The molecule has 0 bridgehead atoms. The maximum absolute atomic E-state index is 13.0. The molecule has 1 unspecified atom stereocenters. The highest BCUT2D eigenvalue weighted by atomic mass is 19.3. The summed E-state index contributed by atoms with van der Waals surface area (Å²) in [5.41, 5.74) is -0.503. The number of fused-ring (bicyclic) bond motifs is 1. The SMILES string of the molecule is CC1(C)OC=C2CC(F)(F)C(O)N21. The molecule has 0 aliphatic carbocycles. The minimum Gasteiger partial charge on any atom is -0.474 e. The summed E-state index contributed by atoms with van der Waals surface area (Å²) in [4.78, 5) is 1.22. The van der Waals surface area contributed by atoms with Gasteiger partial charge in [0.05, 0.1) is 12.1 Å². The highest BCUT2D eigenvalue weighted by Crippen LogP contribution is 2.46. The van der Waals surface area contributed by atoms with Gasteiger partial charge >= 0.3 is 0 Å². The molecule has 2 rings (SSSR count). The van der Waals surface area contributed by atoms with Crippen molar-refractivity contribution >= 4 is 0 Å². The first kappa shape index (κ1) is 8.74. The van der Waals surface area contributed by atoms with Gasteiger partial charge < -0.3 is 14.7 Å². The Bertz CT molecular complexity index is 275. The van der Waals surface area contributed by atoms with Crippen molar-refractivity contribution in [2.45, 2.75) is 38.1 Å². The van der Waals surface area contributed by atoms with Gasteiger partial charge in [0.1, 0.15) is 6.26 Å². The van der Waals surface area contributed by atoms with E-state index in [-0.39, 0.29) is 0 Å². The number of hydrogen-bond acceptors (Lipinski definition) is 3. The third kappa shape index (κ3) is 1.03. The Morgan fingerprint density at radius 2 is 2.23 bits per heavy atom. The Kier molecular flexibility index (Phi) is 1.44. The molecular formula is C8H11F2NO2. The number of aliphatic hydroxyl groups excluding tert-OH is 1. The predicted molar refractivity (Wildman–Crippen MR) is 40.7 cm³/mol. The number of alkyl halides is 2. The van der Waals surface area contributed by atoms with Gasteiger partial charge in [-0.2, -0.15) is 0 Å². The molecule has 0 saturated carbocycles. The minimum absolute atomic E-state index is 0.363. The fourth-order valence-electron chi connectivity index (χ4n) is 1.77. The second kappa shape index (κ2) is 2.15. The zero-order chi connectivity index (χ0) is 9.85. The van der Waals surface area contributed by atoms with Gasteiger partial charge in [-0.25, -0.2) is 8.78 Å². The van der Waals surface area contributed by atoms with Crippen LogP contribution in [-0.4, -0.2) is 27.9 Å². The van der Waals surface area contributed by atoms with Gasteiger partial charge in [-0.15, -0.1) is 0 Å². The van der Waals surface area contributed by atoms with Crippen LogP contribution in [-0.2, 0) is 4.74 Å². The third-order valence-electron chi connectivity index (χ3n) is 2.41. The number of allylic oxidation sites excluding steroid dienone is 1. The molecule has 0 aromatic heterocycles. The van der Waals surface area contributed by atoms with Gasteiger partial charge in [-0.1, -0.05) is 0 Å². The Morgan fingerprint density at radius 3 is 2.77 bits per heavy atom. The molecule has 1 saturated heterocycles. The Morgan fingerprint density at radius 1 is 1.62 bits per heavy atom. The van der Waals surface area contributed by atoms with E-state index in [1.807, 2.05) is 0 Å². The lowest BCUT2D eigenvalue weighted by Crippen LogP contribution is -2.48. The third-order valence-corrected chi connectivity index (χ3v) is 2.41. The van der Waals surface area contributed by atoms with Crippen LogP contribution in [0.15, 0.2) is 12.0 Å². The Hall–Kier alpha value is -0.840. The summed E-state index contributed by atoms with van der Waals surface area (Å²) >= 11 is 0. The van der Waals surface area contributed by atoms with E-state index in [1.54, 1.807) is 13.8 Å². The van der Waals surface area contributed by atoms with Gasteiger partial charge in [0.2, 0.25) is 0 Å². The molecule has 1 N–H and O–H groups in total. The van der Waals surface area contributed by atoms with Gasteiger partial charge in [0, 0.05) is 0 Å². The molecule has 5 heteroatoms. The van der Waals surface area contributed by atoms with Gasteiger partial charge in [0.25, 0.3) is 5.92 Å². The average molecular weight is 191 g/mol. The molecule has 2 heterocycles. The zero-order valence-corrected chi connectivity index (χ0v) is 7.42. The van der Waals surface area contributed by atoms with Crippen molar-refractivity contribution < 1.29 is 18.6 Å². The normalized spacial score (nSPS) is 34.1. The summed E-state index contributed by atoms with van der Waals surface area (Å²) in [5.74, 6) is -3.06. The molecule has 3 nitrogen and oxygen atoms in total. The number of nitrogens with zero attached hydrogens (tertiary/aromatic N) is 1. The molecule has 1 fully saturated rings. The van der Waals surface area contributed by atoms with Crippen LogP contribution < -0.4 is 0 Å². The van der Waals surface area contributed by atoms with Crippen LogP contribution in [0.1, 0.15) is 20.3 Å². The van der Waals surface area contributed by atoms with Crippen molar-refractivity contribution in [2.24, 2.45) is 0 Å². The van der Waals surface area contributed by atoms with Crippen molar-refractivity contribution in [3.63, 3.8) is 0 Å². The largest absolute Gasteiger partial charge is 0.474 e. The Balaban J connectivity index is 2.35. The first-order chi connectivity index (χ1) is 5.84. The predicted octanol–water partition coefficient (Wildman–Crippen LogP) is 1.25. The molecule has 0 radical (unpaired) electrons. The van der Waals surface area contributed by atoms with E-state index in [0.717, 1.165) is 0 Å². The van der Waals surface area contributed by atoms with Crippen molar-refractivity contribution in [2.75, 3.05) is 0 Å². The summed E-state index contributed by atoms with van der Waals surface area (Å²) < 4.78 is 31.2. The lowest BCUT2D eigenvalue weighted by molar-refractivity contribution is -0.181. The quantitative estimate of drug-likeness (QED) is 0.625. The van der Waals surface area contributed by atoms with Gasteiger partial charge in [-0.3, -0.25) is 0 Å². The van der Waals surface area contributed by atoms with E-state index in [9.17, 15) is 13.9 Å². The highest BCUT2D eigenvalue weighted by molar-refractivity contribution is 5.17. The monoisotopic (exact) mass is 191 g/mol. The molecule has 0 spiro atoms. The maximum atomic E-state index is 13.0. The molecule has 74 valence electrons. The van der Waals surface area contributed by atoms with Crippen LogP contribution in [0.4, 0.5) is 8.78 Å². The molecule has 0 aromatic rings. The summed E-state index contributed by atoms with van der Waals surface area (Å²) in [6.07, 6.45) is -0.918.